The second-order valence-electron chi connectivity index (χ2n) is 5.64. The second-order valence-corrected chi connectivity index (χ2v) is 5.64. The van der Waals surface area contributed by atoms with Gasteiger partial charge in [0.25, 0.3) is 0 Å². The normalized spacial score (nSPS) is 12.0. The van der Waals surface area contributed by atoms with Gasteiger partial charge in [-0.2, -0.15) is 4.68 Å². The van der Waals surface area contributed by atoms with Crippen LogP contribution in [0.25, 0.3) is 5.69 Å². The fraction of sp³-hybridized carbons (Fsp3) is 0.312. The average molecular weight is 341 g/mol. The van der Waals surface area contributed by atoms with Crippen molar-refractivity contribution in [2.24, 2.45) is 0 Å². The molecule has 0 saturated carbocycles. The zero-order valence-corrected chi connectivity index (χ0v) is 14.2. The molecular weight excluding hydrogens is 322 g/mol. The zero-order chi connectivity index (χ0) is 17.8. The van der Waals surface area contributed by atoms with E-state index in [1.165, 1.54) is 0 Å². The molecule has 0 radical (unpaired) electrons. The number of para-hydroxylation sites is 1. The highest BCUT2D eigenvalue weighted by Crippen LogP contribution is 2.14. The number of nitrogens with one attached hydrogen (secondary N) is 2. The van der Waals surface area contributed by atoms with Gasteiger partial charge in [-0.25, -0.2) is 4.79 Å². The van der Waals surface area contributed by atoms with Gasteiger partial charge in [0.05, 0.1) is 17.4 Å². The summed E-state index contributed by atoms with van der Waals surface area (Å²) in [6.07, 6.45) is 0. The Morgan fingerprint density at radius 1 is 1.28 bits per heavy atom. The van der Waals surface area contributed by atoms with Crippen molar-refractivity contribution in [1.82, 2.24) is 36.0 Å². The third kappa shape index (κ3) is 3.65. The highest BCUT2D eigenvalue weighted by molar-refractivity contribution is 5.74. The fourth-order valence-electron chi connectivity index (χ4n) is 2.45. The Bertz CT molecular complexity index is 837. The number of carbonyl (C=O) groups excluding carboxylic acids is 1. The van der Waals surface area contributed by atoms with Crippen molar-refractivity contribution in [3.63, 3.8) is 0 Å². The van der Waals surface area contributed by atoms with E-state index >= 15 is 0 Å². The van der Waals surface area contributed by atoms with Crippen LogP contribution < -0.4 is 10.6 Å². The first-order chi connectivity index (χ1) is 12.1. The molecule has 9 heteroatoms. The molecule has 0 aliphatic carbocycles. The lowest BCUT2D eigenvalue weighted by Crippen LogP contribution is -2.37. The highest BCUT2D eigenvalue weighted by Gasteiger charge is 2.18. The van der Waals surface area contributed by atoms with Gasteiger partial charge in [-0.05, 0) is 43.3 Å². The minimum absolute atomic E-state index is 0.324. The van der Waals surface area contributed by atoms with Crippen molar-refractivity contribution in [3.05, 3.63) is 53.2 Å². The number of benzene rings is 1. The summed E-state index contributed by atoms with van der Waals surface area (Å²) in [5.74, 6) is 1.23. The van der Waals surface area contributed by atoms with Crippen LogP contribution in [0.4, 0.5) is 4.79 Å². The number of amides is 2. The monoisotopic (exact) mass is 341 g/mol. The molecule has 2 aromatic heterocycles. The third-order valence-electron chi connectivity index (χ3n) is 3.84. The smallest absolute Gasteiger partial charge is 0.315 e. The van der Waals surface area contributed by atoms with E-state index in [2.05, 4.69) is 31.3 Å². The number of hydrogen-bond donors (Lipinski definition) is 2. The second kappa shape index (κ2) is 7.12. The van der Waals surface area contributed by atoms with Crippen LogP contribution in [0, 0.1) is 13.8 Å². The van der Waals surface area contributed by atoms with Crippen LogP contribution in [-0.4, -0.2) is 31.4 Å². The predicted molar refractivity (Wildman–Crippen MR) is 88.9 cm³/mol. The Kier molecular flexibility index (Phi) is 4.73. The summed E-state index contributed by atoms with van der Waals surface area (Å²) < 4.78 is 6.68. The molecule has 0 bridgehead atoms. The summed E-state index contributed by atoms with van der Waals surface area (Å²) >= 11 is 0. The van der Waals surface area contributed by atoms with Gasteiger partial charge in [-0.3, -0.25) is 0 Å². The molecule has 3 rings (SSSR count). The topological polar surface area (TPSA) is 111 Å². The van der Waals surface area contributed by atoms with Crippen molar-refractivity contribution >= 4 is 6.03 Å². The van der Waals surface area contributed by atoms with E-state index in [4.69, 9.17) is 4.52 Å². The minimum atomic E-state index is -0.375. The molecule has 0 spiro atoms. The predicted octanol–water partition coefficient (Wildman–Crippen LogP) is 1.83. The molecule has 130 valence electrons. The quantitative estimate of drug-likeness (QED) is 0.732. The van der Waals surface area contributed by atoms with Gasteiger partial charge < -0.3 is 15.2 Å². The molecule has 9 nitrogen and oxygen atoms in total. The van der Waals surface area contributed by atoms with E-state index in [0.29, 0.717) is 18.1 Å². The standard InChI is InChI=1S/C16H19N7O2/c1-10-14(12(3)25-20-10)9-17-16(24)18-11(2)15-19-21-22-23(15)13-7-5-4-6-8-13/h4-8,11H,9H2,1-3H3,(H2,17,18,24). The maximum absolute atomic E-state index is 12.2. The number of rotatable bonds is 5. The number of carbonyl (C=O) groups is 1. The van der Waals surface area contributed by atoms with Gasteiger partial charge >= 0.3 is 6.03 Å². The maximum atomic E-state index is 12.2. The Morgan fingerprint density at radius 3 is 2.72 bits per heavy atom. The lowest BCUT2D eigenvalue weighted by Gasteiger charge is -2.14. The van der Waals surface area contributed by atoms with E-state index in [0.717, 1.165) is 16.9 Å². The maximum Gasteiger partial charge on any atom is 0.315 e. The Morgan fingerprint density at radius 2 is 2.04 bits per heavy atom. The SMILES string of the molecule is Cc1noc(C)c1CNC(=O)NC(C)c1nnnn1-c1ccccc1. The van der Waals surface area contributed by atoms with Crippen molar-refractivity contribution in [2.45, 2.75) is 33.4 Å². The summed E-state index contributed by atoms with van der Waals surface area (Å²) in [5.41, 5.74) is 2.46. The molecule has 25 heavy (non-hydrogen) atoms. The molecule has 3 aromatic rings. The van der Waals surface area contributed by atoms with Gasteiger partial charge in [0.15, 0.2) is 5.82 Å². The number of tetrazole rings is 1. The average Bonchev–Trinajstić information content (AvgIpc) is 3.21. The van der Waals surface area contributed by atoms with Crippen LogP contribution in [0.2, 0.25) is 0 Å². The van der Waals surface area contributed by atoms with Crippen molar-refractivity contribution < 1.29 is 9.32 Å². The number of aromatic nitrogens is 5. The molecule has 1 unspecified atom stereocenters. The first kappa shape index (κ1) is 16.6. The summed E-state index contributed by atoms with van der Waals surface area (Å²) in [7, 11) is 0. The number of urea groups is 1. The third-order valence-corrected chi connectivity index (χ3v) is 3.84. The van der Waals surface area contributed by atoms with Crippen molar-refractivity contribution in [1.29, 1.82) is 0 Å². The Balaban J connectivity index is 1.64. The summed E-state index contributed by atoms with van der Waals surface area (Å²) in [5, 5.41) is 21.2. The summed E-state index contributed by atoms with van der Waals surface area (Å²) in [6.45, 7) is 5.80. The largest absolute Gasteiger partial charge is 0.361 e. The molecule has 2 N–H and O–H groups in total. The molecule has 2 amide bonds. The van der Waals surface area contributed by atoms with Gasteiger partial charge in [-0.15, -0.1) is 5.10 Å². The zero-order valence-electron chi connectivity index (χ0n) is 14.2. The van der Waals surface area contributed by atoms with Gasteiger partial charge in [-0.1, -0.05) is 23.4 Å². The Labute approximate surface area is 144 Å². The van der Waals surface area contributed by atoms with Crippen LogP contribution in [-0.2, 0) is 6.54 Å². The van der Waals surface area contributed by atoms with Gasteiger partial charge in [0.1, 0.15) is 5.76 Å². The first-order valence-electron chi connectivity index (χ1n) is 7.86. The highest BCUT2D eigenvalue weighted by atomic mass is 16.5. The molecular formula is C16H19N7O2. The number of nitrogens with zero attached hydrogens (tertiary/aromatic N) is 5. The van der Waals surface area contributed by atoms with Crippen LogP contribution in [0.1, 0.15) is 35.8 Å². The van der Waals surface area contributed by atoms with Crippen LogP contribution in [0.5, 0.6) is 0 Å². The van der Waals surface area contributed by atoms with Crippen LogP contribution in [0.3, 0.4) is 0 Å². The summed E-state index contributed by atoms with van der Waals surface area (Å²) in [4.78, 5) is 12.2. The lowest BCUT2D eigenvalue weighted by molar-refractivity contribution is 0.237. The van der Waals surface area contributed by atoms with E-state index < -0.39 is 0 Å². The van der Waals surface area contributed by atoms with Crippen molar-refractivity contribution in [3.8, 4) is 5.69 Å². The van der Waals surface area contributed by atoms with Gasteiger partial charge in [0, 0.05) is 12.1 Å². The Hall–Kier alpha value is -3.23. The molecule has 0 fully saturated rings. The van der Waals surface area contributed by atoms with E-state index in [1.54, 1.807) is 4.68 Å². The molecule has 0 aliphatic rings. The molecule has 0 saturated heterocycles. The molecule has 2 heterocycles. The number of aryl methyl sites for hydroxylation is 2. The minimum Gasteiger partial charge on any atom is -0.361 e. The molecule has 1 aromatic carbocycles. The molecule has 1 atom stereocenters. The van der Waals surface area contributed by atoms with Gasteiger partial charge in [0.2, 0.25) is 0 Å². The van der Waals surface area contributed by atoms with E-state index in [1.807, 2.05) is 51.1 Å². The summed E-state index contributed by atoms with van der Waals surface area (Å²) in [6, 6.07) is 8.80. The van der Waals surface area contributed by atoms with E-state index in [-0.39, 0.29) is 12.1 Å². The lowest BCUT2D eigenvalue weighted by atomic mass is 10.2. The van der Waals surface area contributed by atoms with Crippen LogP contribution in [0.15, 0.2) is 34.9 Å². The first-order valence-corrected chi connectivity index (χ1v) is 7.86. The fourth-order valence-corrected chi connectivity index (χ4v) is 2.45. The molecule has 0 aliphatic heterocycles. The van der Waals surface area contributed by atoms with Crippen LogP contribution >= 0.6 is 0 Å². The van der Waals surface area contributed by atoms with E-state index in [9.17, 15) is 4.79 Å². The number of hydrogen-bond acceptors (Lipinski definition) is 6. The van der Waals surface area contributed by atoms with Crippen molar-refractivity contribution in [2.75, 3.05) is 0 Å².